The van der Waals surface area contributed by atoms with Gasteiger partial charge in [0.25, 0.3) is 0 Å². The Labute approximate surface area is 316 Å². The summed E-state index contributed by atoms with van der Waals surface area (Å²) in [5, 5.41) is 0. The molecule has 3 nitrogen and oxygen atoms in total. The summed E-state index contributed by atoms with van der Waals surface area (Å²) in [5.41, 5.74) is 15.8. The van der Waals surface area contributed by atoms with Crippen molar-refractivity contribution in [3.8, 4) is 78.7 Å². The second-order valence-electron chi connectivity index (χ2n) is 13.3. The fourth-order valence-corrected chi connectivity index (χ4v) is 7.29. The molecule has 0 spiro atoms. The Morgan fingerprint density at radius 3 is 0.796 bits per heavy atom. The average molecular weight is 692 g/mol. The monoisotopic (exact) mass is 691 g/mol. The zero-order valence-corrected chi connectivity index (χ0v) is 29.7. The van der Waals surface area contributed by atoms with Gasteiger partial charge < -0.3 is 0 Å². The van der Waals surface area contributed by atoms with Crippen molar-refractivity contribution in [1.29, 1.82) is 0 Å². The highest BCUT2D eigenvalue weighted by molar-refractivity contribution is 5.76. The summed E-state index contributed by atoms with van der Waals surface area (Å²) in [4.78, 5) is 4.29. The van der Waals surface area contributed by atoms with E-state index in [0.29, 0.717) is 0 Å². The molecule has 0 aliphatic carbocycles. The summed E-state index contributed by atoms with van der Waals surface area (Å²) in [6, 6.07) is 75.8. The number of benzene rings is 6. The molecular formula is C51H37N3+2. The van der Waals surface area contributed by atoms with Gasteiger partial charge in [-0.1, -0.05) is 103 Å². The first-order valence-electron chi connectivity index (χ1n) is 18.3. The molecule has 0 unspecified atom stereocenters. The Bertz CT molecular complexity index is 2330. The molecule has 54 heavy (non-hydrogen) atoms. The minimum absolute atomic E-state index is 1.07. The van der Waals surface area contributed by atoms with Gasteiger partial charge in [-0.25, -0.2) is 0 Å². The third-order valence-corrected chi connectivity index (χ3v) is 9.90. The largest absolute Gasteiger partial charge is 0.265 e. The topological polar surface area (TPSA) is 20.6 Å². The van der Waals surface area contributed by atoms with E-state index in [2.05, 4.69) is 226 Å². The Hall–Kier alpha value is -7.23. The van der Waals surface area contributed by atoms with Crippen LogP contribution in [0.5, 0.6) is 0 Å². The van der Waals surface area contributed by atoms with Gasteiger partial charge in [-0.2, -0.15) is 9.13 Å². The minimum atomic E-state index is 1.07. The maximum atomic E-state index is 4.29. The van der Waals surface area contributed by atoms with Gasteiger partial charge in [0.05, 0.1) is 0 Å². The highest BCUT2D eigenvalue weighted by Gasteiger charge is 2.28. The standard InChI is InChI=1S/C51H37N3/c1-6-16-38(17-7-1)44-34-48(40-18-8-2-9-19-40)53(49(35-44)41-20-10-3-11-21-41)46-26-28-47(29-27-46)54-50(42-22-12-4-13-23-42)36-45(39-30-32-52-33-31-39)37-51(54)43-24-14-5-15-25-43/h1-37H/q+2. The molecule has 0 aliphatic rings. The van der Waals surface area contributed by atoms with Crippen LogP contribution in [-0.4, -0.2) is 4.98 Å². The van der Waals surface area contributed by atoms with Gasteiger partial charge in [-0.15, -0.1) is 0 Å². The lowest BCUT2D eigenvalue weighted by Crippen LogP contribution is -2.38. The van der Waals surface area contributed by atoms with Crippen LogP contribution in [0.25, 0.3) is 78.7 Å². The van der Waals surface area contributed by atoms with Crippen LogP contribution in [0.1, 0.15) is 0 Å². The Morgan fingerprint density at radius 2 is 0.500 bits per heavy atom. The predicted octanol–water partition coefficient (Wildman–Crippen LogP) is 11.6. The van der Waals surface area contributed by atoms with Crippen LogP contribution in [0.4, 0.5) is 0 Å². The highest BCUT2D eigenvalue weighted by Crippen LogP contribution is 2.33. The molecule has 0 radical (unpaired) electrons. The van der Waals surface area contributed by atoms with Crippen LogP contribution in [-0.2, 0) is 0 Å². The van der Waals surface area contributed by atoms with Crippen molar-refractivity contribution in [3.63, 3.8) is 0 Å². The van der Waals surface area contributed by atoms with Gasteiger partial charge >= 0.3 is 0 Å². The third-order valence-electron chi connectivity index (χ3n) is 9.90. The van der Waals surface area contributed by atoms with Crippen molar-refractivity contribution in [2.45, 2.75) is 0 Å². The second kappa shape index (κ2) is 14.8. The quantitative estimate of drug-likeness (QED) is 0.145. The molecule has 0 saturated carbocycles. The second-order valence-corrected chi connectivity index (χ2v) is 13.3. The zero-order chi connectivity index (χ0) is 36.1. The molecule has 0 fully saturated rings. The van der Waals surface area contributed by atoms with E-state index in [1.165, 1.54) is 11.1 Å². The van der Waals surface area contributed by atoms with E-state index in [4.69, 9.17) is 0 Å². The van der Waals surface area contributed by atoms with Crippen molar-refractivity contribution in [2.75, 3.05) is 0 Å². The Balaban J connectivity index is 1.28. The number of pyridine rings is 3. The van der Waals surface area contributed by atoms with Gasteiger partial charge in [0.15, 0.2) is 0 Å². The number of rotatable bonds is 8. The first-order valence-corrected chi connectivity index (χ1v) is 18.3. The SMILES string of the molecule is c1ccc(-c2cc(-c3ccccc3)[n+](-c3ccc(-[n+]4c(-c5ccccc5)cc(-c5ccncc5)cc4-c4ccccc4)cc3)c(-c3ccccc3)c2)cc1. The minimum Gasteiger partial charge on any atom is -0.265 e. The van der Waals surface area contributed by atoms with E-state index < -0.39 is 0 Å². The van der Waals surface area contributed by atoms with E-state index in [-0.39, 0.29) is 0 Å². The fraction of sp³-hybridized carbons (Fsp3) is 0. The highest BCUT2D eigenvalue weighted by atomic mass is 15.0. The lowest BCUT2D eigenvalue weighted by molar-refractivity contribution is -0.576. The lowest BCUT2D eigenvalue weighted by Gasteiger charge is -2.14. The van der Waals surface area contributed by atoms with E-state index in [9.17, 15) is 0 Å². The molecular weight excluding hydrogens is 655 g/mol. The Morgan fingerprint density at radius 1 is 0.241 bits per heavy atom. The van der Waals surface area contributed by atoms with Crippen LogP contribution in [0.15, 0.2) is 225 Å². The van der Waals surface area contributed by atoms with Crippen LogP contribution >= 0.6 is 0 Å². The fourth-order valence-electron chi connectivity index (χ4n) is 7.29. The van der Waals surface area contributed by atoms with E-state index in [1.54, 1.807) is 0 Å². The number of hydrogen-bond acceptors (Lipinski definition) is 1. The Kier molecular flexibility index (Phi) is 8.94. The first kappa shape index (κ1) is 32.7. The van der Waals surface area contributed by atoms with E-state index in [1.807, 2.05) is 12.4 Å². The van der Waals surface area contributed by atoms with E-state index in [0.717, 1.165) is 67.5 Å². The molecule has 0 saturated heterocycles. The summed E-state index contributed by atoms with van der Waals surface area (Å²) in [6.07, 6.45) is 3.72. The molecule has 0 amide bonds. The van der Waals surface area contributed by atoms with Crippen molar-refractivity contribution >= 4 is 0 Å². The lowest BCUT2D eigenvalue weighted by atomic mass is 9.98. The van der Waals surface area contributed by atoms with Gasteiger partial charge in [0.2, 0.25) is 34.2 Å². The normalized spacial score (nSPS) is 11.0. The molecule has 3 heterocycles. The van der Waals surface area contributed by atoms with Gasteiger partial charge in [0, 0.05) is 83.2 Å². The maximum Gasteiger partial charge on any atom is 0.219 e. The maximum absolute atomic E-state index is 4.29. The molecule has 0 atom stereocenters. The van der Waals surface area contributed by atoms with Crippen LogP contribution < -0.4 is 9.13 Å². The summed E-state index contributed by atoms with van der Waals surface area (Å²) in [6.45, 7) is 0. The van der Waals surface area contributed by atoms with Gasteiger partial charge in [0.1, 0.15) is 0 Å². The number of nitrogens with zero attached hydrogens (tertiary/aromatic N) is 3. The van der Waals surface area contributed by atoms with Crippen molar-refractivity contribution in [3.05, 3.63) is 225 Å². The smallest absolute Gasteiger partial charge is 0.219 e. The molecule has 9 aromatic rings. The molecule has 0 aliphatic heterocycles. The average Bonchev–Trinajstić information content (AvgIpc) is 3.27. The zero-order valence-electron chi connectivity index (χ0n) is 29.7. The molecule has 6 aromatic carbocycles. The van der Waals surface area contributed by atoms with Crippen molar-refractivity contribution < 1.29 is 9.13 Å². The summed E-state index contributed by atoms with van der Waals surface area (Å²) < 4.78 is 4.78. The molecule has 254 valence electrons. The van der Waals surface area contributed by atoms with Crippen molar-refractivity contribution in [1.82, 2.24) is 4.98 Å². The summed E-state index contributed by atoms with van der Waals surface area (Å²) >= 11 is 0. The molecule has 0 bridgehead atoms. The molecule has 9 rings (SSSR count). The predicted molar refractivity (Wildman–Crippen MR) is 220 cm³/mol. The number of hydrogen-bond donors (Lipinski definition) is 0. The van der Waals surface area contributed by atoms with Crippen LogP contribution in [0.3, 0.4) is 0 Å². The molecule has 0 N–H and O–H groups in total. The van der Waals surface area contributed by atoms with Crippen molar-refractivity contribution in [2.24, 2.45) is 0 Å². The van der Waals surface area contributed by atoms with Crippen LogP contribution in [0, 0.1) is 0 Å². The number of aromatic nitrogens is 3. The van der Waals surface area contributed by atoms with Crippen LogP contribution in [0.2, 0.25) is 0 Å². The first-order chi connectivity index (χ1) is 26.8. The summed E-state index contributed by atoms with van der Waals surface area (Å²) in [7, 11) is 0. The third kappa shape index (κ3) is 6.51. The van der Waals surface area contributed by atoms with Gasteiger partial charge in [-0.3, -0.25) is 4.98 Å². The van der Waals surface area contributed by atoms with E-state index >= 15 is 0 Å². The van der Waals surface area contributed by atoms with Gasteiger partial charge in [-0.05, 0) is 82.9 Å². The molecule has 3 aromatic heterocycles. The summed E-state index contributed by atoms with van der Waals surface area (Å²) in [5.74, 6) is 0. The molecule has 3 heteroatoms.